The van der Waals surface area contributed by atoms with Crippen LogP contribution >= 0.6 is 0 Å². The molecular formula is C13H21N3O3. The number of hydrogen-bond acceptors (Lipinski definition) is 6. The maximum Gasteiger partial charge on any atom is 0.320 e. The van der Waals surface area contributed by atoms with E-state index in [4.69, 9.17) is 9.26 Å². The van der Waals surface area contributed by atoms with Crippen LogP contribution < -0.4 is 0 Å². The van der Waals surface area contributed by atoms with Crippen LogP contribution in [-0.2, 0) is 16.1 Å². The fourth-order valence-electron chi connectivity index (χ4n) is 1.87. The second-order valence-electron chi connectivity index (χ2n) is 5.14. The lowest BCUT2D eigenvalue weighted by Crippen LogP contribution is -2.32. The first-order valence-electron chi connectivity index (χ1n) is 6.82. The monoisotopic (exact) mass is 267 g/mol. The van der Waals surface area contributed by atoms with Crippen molar-refractivity contribution < 1.29 is 14.1 Å². The molecule has 0 spiro atoms. The van der Waals surface area contributed by atoms with E-state index in [2.05, 4.69) is 15.0 Å². The van der Waals surface area contributed by atoms with Gasteiger partial charge >= 0.3 is 5.97 Å². The summed E-state index contributed by atoms with van der Waals surface area (Å²) in [5.74, 6) is 1.33. The Balaban J connectivity index is 1.94. The lowest BCUT2D eigenvalue weighted by atomic mass is 10.2. The van der Waals surface area contributed by atoms with Crippen LogP contribution in [0.15, 0.2) is 4.52 Å². The van der Waals surface area contributed by atoms with Crippen LogP contribution in [-0.4, -0.2) is 40.2 Å². The van der Waals surface area contributed by atoms with Crippen molar-refractivity contribution >= 4 is 5.97 Å². The molecule has 0 atom stereocenters. The van der Waals surface area contributed by atoms with Crippen LogP contribution in [0.4, 0.5) is 0 Å². The highest BCUT2D eigenvalue weighted by molar-refractivity contribution is 5.71. The predicted octanol–water partition coefficient (Wildman–Crippen LogP) is 1.72. The number of esters is 1. The minimum Gasteiger partial charge on any atom is -0.465 e. The molecule has 1 aliphatic carbocycles. The average molecular weight is 267 g/mol. The number of rotatable bonds is 7. The molecule has 0 radical (unpaired) electrons. The number of ether oxygens (including phenoxy) is 1. The molecule has 1 aromatic rings. The summed E-state index contributed by atoms with van der Waals surface area (Å²) >= 11 is 0. The van der Waals surface area contributed by atoms with E-state index in [-0.39, 0.29) is 18.4 Å². The molecule has 6 nitrogen and oxygen atoms in total. The van der Waals surface area contributed by atoms with Gasteiger partial charge in [0.25, 0.3) is 0 Å². The second kappa shape index (κ2) is 6.14. The van der Waals surface area contributed by atoms with E-state index < -0.39 is 0 Å². The van der Waals surface area contributed by atoms with Crippen molar-refractivity contribution in [2.24, 2.45) is 0 Å². The molecule has 0 bridgehead atoms. The lowest BCUT2D eigenvalue weighted by molar-refractivity contribution is -0.144. The summed E-state index contributed by atoms with van der Waals surface area (Å²) in [7, 11) is 0. The van der Waals surface area contributed by atoms with Gasteiger partial charge in [-0.2, -0.15) is 4.98 Å². The normalized spacial score (nSPS) is 15.2. The highest BCUT2D eigenvalue weighted by Gasteiger charge is 2.32. The van der Waals surface area contributed by atoms with Gasteiger partial charge in [0.15, 0.2) is 5.82 Å². The Kier molecular flexibility index (Phi) is 4.52. The molecule has 6 heteroatoms. The molecule has 1 fully saturated rings. The van der Waals surface area contributed by atoms with Gasteiger partial charge in [-0.25, -0.2) is 0 Å². The Bertz CT molecular complexity index is 427. The molecule has 2 rings (SSSR count). The van der Waals surface area contributed by atoms with Crippen LogP contribution in [0.5, 0.6) is 0 Å². The molecule has 106 valence electrons. The van der Waals surface area contributed by atoms with Gasteiger partial charge in [-0.3, -0.25) is 9.69 Å². The SMILES string of the molecule is CCOC(=O)CN(Cc1nc(C(C)C)no1)C1CC1. The van der Waals surface area contributed by atoms with Crippen molar-refractivity contribution in [3.63, 3.8) is 0 Å². The quantitative estimate of drug-likeness (QED) is 0.701. The van der Waals surface area contributed by atoms with Gasteiger partial charge in [-0.1, -0.05) is 19.0 Å². The molecule has 0 amide bonds. The van der Waals surface area contributed by atoms with E-state index in [1.807, 2.05) is 20.8 Å². The number of carbonyl (C=O) groups excluding carboxylic acids is 1. The maximum absolute atomic E-state index is 11.6. The average Bonchev–Trinajstić information content (AvgIpc) is 3.09. The molecule has 0 aromatic carbocycles. The molecular weight excluding hydrogens is 246 g/mol. The Hall–Kier alpha value is -1.43. The van der Waals surface area contributed by atoms with Crippen LogP contribution in [0.1, 0.15) is 51.2 Å². The van der Waals surface area contributed by atoms with Crippen molar-refractivity contribution in [1.82, 2.24) is 15.0 Å². The summed E-state index contributed by atoms with van der Waals surface area (Å²) in [5, 5.41) is 3.94. The van der Waals surface area contributed by atoms with Crippen molar-refractivity contribution in [2.75, 3.05) is 13.2 Å². The smallest absolute Gasteiger partial charge is 0.320 e. The van der Waals surface area contributed by atoms with E-state index in [0.29, 0.717) is 30.9 Å². The Morgan fingerprint density at radius 1 is 1.53 bits per heavy atom. The first-order chi connectivity index (χ1) is 9.10. The number of carbonyl (C=O) groups is 1. The van der Waals surface area contributed by atoms with Crippen LogP contribution in [0.25, 0.3) is 0 Å². The van der Waals surface area contributed by atoms with Gasteiger partial charge < -0.3 is 9.26 Å². The van der Waals surface area contributed by atoms with Gasteiger partial charge in [-0.15, -0.1) is 0 Å². The highest BCUT2D eigenvalue weighted by atomic mass is 16.5. The first kappa shape index (κ1) is 14.0. The first-order valence-corrected chi connectivity index (χ1v) is 6.82. The van der Waals surface area contributed by atoms with Crippen LogP contribution in [0.3, 0.4) is 0 Å². The van der Waals surface area contributed by atoms with E-state index in [9.17, 15) is 4.79 Å². The lowest BCUT2D eigenvalue weighted by Gasteiger charge is -2.18. The van der Waals surface area contributed by atoms with Crippen LogP contribution in [0, 0.1) is 0 Å². The van der Waals surface area contributed by atoms with Crippen molar-refractivity contribution in [2.45, 2.75) is 52.1 Å². The van der Waals surface area contributed by atoms with Gasteiger partial charge in [0.2, 0.25) is 5.89 Å². The fourth-order valence-corrected chi connectivity index (χ4v) is 1.87. The number of nitrogens with zero attached hydrogens (tertiary/aromatic N) is 3. The summed E-state index contributed by atoms with van der Waals surface area (Å²) < 4.78 is 10.2. The van der Waals surface area contributed by atoms with E-state index in [0.717, 1.165) is 12.8 Å². The molecule has 0 unspecified atom stereocenters. The summed E-state index contributed by atoms with van der Waals surface area (Å²) in [6.45, 7) is 7.07. The topological polar surface area (TPSA) is 68.5 Å². The summed E-state index contributed by atoms with van der Waals surface area (Å²) in [6, 6.07) is 0.443. The van der Waals surface area contributed by atoms with Crippen molar-refractivity contribution in [3.05, 3.63) is 11.7 Å². The number of hydrogen-bond donors (Lipinski definition) is 0. The van der Waals surface area contributed by atoms with E-state index in [1.165, 1.54) is 0 Å². The molecule has 1 saturated carbocycles. The minimum atomic E-state index is -0.196. The van der Waals surface area contributed by atoms with E-state index >= 15 is 0 Å². The van der Waals surface area contributed by atoms with Gasteiger partial charge in [0, 0.05) is 12.0 Å². The molecule has 0 aliphatic heterocycles. The zero-order valence-corrected chi connectivity index (χ0v) is 11.8. The molecule has 1 aliphatic rings. The Morgan fingerprint density at radius 2 is 2.26 bits per heavy atom. The zero-order chi connectivity index (χ0) is 13.8. The standard InChI is InChI=1S/C13H21N3O3/c1-4-18-12(17)8-16(10-5-6-10)7-11-14-13(9(2)3)15-19-11/h9-10H,4-8H2,1-3H3. The maximum atomic E-state index is 11.6. The van der Waals surface area contributed by atoms with Crippen molar-refractivity contribution in [1.29, 1.82) is 0 Å². The predicted molar refractivity (Wildman–Crippen MR) is 68.5 cm³/mol. The van der Waals surface area contributed by atoms with Gasteiger partial charge in [0.1, 0.15) is 0 Å². The van der Waals surface area contributed by atoms with E-state index in [1.54, 1.807) is 0 Å². The third kappa shape index (κ3) is 4.02. The second-order valence-corrected chi connectivity index (χ2v) is 5.14. The molecule has 19 heavy (non-hydrogen) atoms. The van der Waals surface area contributed by atoms with Gasteiger partial charge in [-0.05, 0) is 19.8 Å². The molecule has 0 saturated heterocycles. The largest absolute Gasteiger partial charge is 0.465 e. The summed E-state index contributed by atoms with van der Waals surface area (Å²) in [6.07, 6.45) is 2.23. The third-order valence-corrected chi connectivity index (χ3v) is 3.04. The zero-order valence-electron chi connectivity index (χ0n) is 11.8. The highest BCUT2D eigenvalue weighted by Crippen LogP contribution is 2.28. The molecule has 1 heterocycles. The Morgan fingerprint density at radius 3 is 2.79 bits per heavy atom. The summed E-state index contributed by atoms with van der Waals surface area (Å²) in [4.78, 5) is 18.0. The third-order valence-electron chi connectivity index (χ3n) is 3.04. The Labute approximate surface area is 113 Å². The fraction of sp³-hybridized carbons (Fsp3) is 0.769. The molecule has 1 aromatic heterocycles. The number of aromatic nitrogens is 2. The summed E-state index contributed by atoms with van der Waals surface area (Å²) in [5.41, 5.74) is 0. The minimum absolute atomic E-state index is 0.196. The molecule has 0 N–H and O–H groups in total. The van der Waals surface area contributed by atoms with Crippen LogP contribution in [0.2, 0.25) is 0 Å². The van der Waals surface area contributed by atoms with Gasteiger partial charge in [0.05, 0.1) is 19.7 Å². The van der Waals surface area contributed by atoms with Crippen molar-refractivity contribution in [3.8, 4) is 0 Å².